The maximum Gasteiger partial charge on any atom is 0.0991 e. The number of β-amino-alcohol motifs (C(OH)–C–C–N with tert-alkyl or cyclic N) is 1. The standard InChI is InChI=1S/C17H20N4O.2ClH/c18-10-12-1-2-16-14(9-12)13(3-6-20-16)4-7-21-8-5-15(19)17(22)11-21;;/h1-3,6,9,15,17,22H,4-5,7-8,11,19H2;2*1H/t15-,17+;;/m0../s1. The summed E-state index contributed by atoms with van der Waals surface area (Å²) in [7, 11) is 0. The third kappa shape index (κ3) is 4.56. The number of benzene rings is 1. The third-order valence-electron chi connectivity index (χ3n) is 4.38. The monoisotopic (exact) mass is 368 g/mol. The fourth-order valence-corrected chi connectivity index (χ4v) is 2.99. The Balaban J connectivity index is 0.00000144. The Kier molecular flexibility index (Phi) is 7.88. The Morgan fingerprint density at radius 3 is 2.83 bits per heavy atom. The van der Waals surface area contributed by atoms with Crippen molar-refractivity contribution in [3.8, 4) is 6.07 Å². The Morgan fingerprint density at radius 1 is 1.33 bits per heavy atom. The first-order valence-corrected chi connectivity index (χ1v) is 7.61. The Hall–Kier alpha value is -1.42. The molecular weight excluding hydrogens is 347 g/mol. The number of nitriles is 1. The molecule has 0 amide bonds. The molecule has 24 heavy (non-hydrogen) atoms. The maximum absolute atomic E-state index is 9.87. The predicted molar refractivity (Wildman–Crippen MR) is 99.7 cm³/mol. The molecule has 1 aromatic carbocycles. The maximum atomic E-state index is 9.87. The summed E-state index contributed by atoms with van der Waals surface area (Å²) in [4.78, 5) is 6.60. The molecular formula is C17H22Cl2N4O. The highest BCUT2D eigenvalue weighted by Gasteiger charge is 2.24. The summed E-state index contributed by atoms with van der Waals surface area (Å²) in [5.74, 6) is 0. The molecule has 1 aliphatic heterocycles. The second kappa shape index (κ2) is 9.16. The lowest BCUT2D eigenvalue weighted by atomic mass is 10.0. The summed E-state index contributed by atoms with van der Waals surface area (Å²) in [5, 5.41) is 20.0. The van der Waals surface area contributed by atoms with Gasteiger partial charge >= 0.3 is 0 Å². The van der Waals surface area contributed by atoms with Gasteiger partial charge in [0.2, 0.25) is 0 Å². The van der Waals surface area contributed by atoms with E-state index in [0.717, 1.165) is 36.8 Å². The summed E-state index contributed by atoms with van der Waals surface area (Å²) in [5.41, 5.74) is 8.59. The number of nitrogens with zero attached hydrogens (tertiary/aromatic N) is 3. The first-order valence-electron chi connectivity index (χ1n) is 7.61. The van der Waals surface area contributed by atoms with Crippen molar-refractivity contribution in [2.45, 2.75) is 25.0 Å². The second-order valence-corrected chi connectivity index (χ2v) is 5.88. The molecule has 1 saturated heterocycles. The summed E-state index contributed by atoms with van der Waals surface area (Å²) in [6.07, 6.45) is 3.07. The van der Waals surface area contributed by atoms with Gasteiger partial charge < -0.3 is 15.7 Å². The number of aromatic nitrogens is 1. The lowest BCUT2D eigenvalue weighted by Gasteiger charge is -2.34. The molecule has 7 heteroatoms. The highest BCUT2D eigenvalue weighted by atomic mass is 35.5. The number of rotatable bonds is 3. The minimum Gasteiger partial charge on any atom is -0.390 e. The number of aliphatic hydroxyl groups excluding tert-OH is 1. The van der Waals surface area contributed by atoms with Gasteiger partial charge in [-0.3, -0.25) is 4.98 Å². The Morgan fingerprint density at radius 2 is 2.12 bits per heavy atom. The van der Waals surface area contributed by atoms with E-state index >= 15 is 0 Å². The number of fused-ring (bicyclic) bond motifs is 1. The van der Waals surface area contributed by atoms with Gasteiger partial charge in [-0.25, -0.2) is 0 Å². The fraction of sp³-hybridized carbons (Fsp3) is 0.412. The zero-order valence-corrected chi connectivity index (χ0v) is 14.9. The molecule has 0 unspecified atom stereocenters. The summed E-state index contributed by atoms with van der Waals surface area (Å²) >= 11 is 0. The molecule has 2 heterocycles. The zero-order chi connectivity index (χ0) is 15.5. The molecule has 3 N–H and O–H groups in total. The number of hydrogen-bond acceptors (Lipinski definition) is 5. The van der Waals surface area contributed by atoms with Crippen LogP contribution in [-0.2, 0) is 6.42 Å². The molecule has 0 radical (unpaired) electrons. The topological polar surface area (TPSA) is 86.2 Å². The molecule has 5 nitrogen and oxygen atoms in total. The molecule has 0 aliphatic carbocycles. The number of halogens is 2. The molecule has 130 valence electrons. The molecule has 3 rings (SSSR count). The van der Waals surface area contributed by atoms with Crippen LogP contribution in [0.15, 0.2) is 30.5 Å². The van der Waals surface area contributed by atoms with E-state index in [9.17, 15) is 5.11 Å². The van der Waals surface area contributed by atoms with E-state index in [2.05, 4.69) is 16.0 Å². The van der Waals surface area contributed by atoms with Crippen molar-refractivity contribution >= 4 is 35.7 Å². The van der Waals surface area contributed by atoms with Crippen LogP contribution in [0.3, 0.4) is 0 Å². The number of piperidine rings is 1. The quantitative estimate of drug-likeness (QED) is 0.863. The van der Waals surface area contributed by atoms with Crippen molar-refractivity contribution in [1.82, 2.24) is 9.88 Å². The molecule has 2 atom stereocenters. The molecule has 2 aromatic rings. The van der Waals surface area contributed by atoms with Crippen molar-refractivity contribution in [2.75, 3.05) is 19.6 Å². The average molecular weight is 369 g/mol. The van der Waals surface area contributed by atoms with Crippen molar-refractivity contribution in [3.63, 3.8) is 0 Å². The average Bonchev–Trinajstić information content (AvgIpc) is 2.55. The van der Waals surface area contributed by atoms with E-state index in [1.165, 1.54) is 5.56 Å². The highest BCUT2D eigenvalue weighted by Crippen LogP contribution is 2.19. The number of nitrogens with two attached hydrogens (primary N) is 1. The van der Waals surface area contributed by atoms with Gasteiger partial charge in [-0.05, 0) is 49.2 Å². The van der Waals surface area contributed by atoms with Gasteiger partial charge in [-0.2, -0.15) is 5.26 Å². The van der Waals surface area contributed by atoms with Crippen LogP contribution in [0.2, 0.25) is 0 Å². The predicted octanol–water partition coefficient (Wildman–Crippen LogP) is 1.89. The van der Waals surface area contributed by atoms with Crippen molar-refractivity contribution in [1.29, 1.82) is 5.26 Å². The number of aliphatic hydroxyl groups is 1. The molecule has 0 saturated carbocycles. The Bertz CT molecular complexity index is 719. The Labute approximate surface area is 154 Å². The van der Waals surface area contributed by atoms with Gasteiger partial charge in [0.05, 0.1) is 23.3 Å². The SMILES string of the molecule is Cl.Cl.N#Cc1ccc2nccc(CCN3CC[C@H](N)[C@H](O)C3)c2c1. The van der Waals surface area contributed by atoms with Crippen LogP contribution in [0, 0.1) is 11.3 Å². The van der Waals surface area contributed by atoms with Crippen molar-refractivity contribution in [2.24, 2.45) is 5.73 Å². The number of likely N-dealkylation sites (tertiary alicyclic amines) is 1. The van der Waals surface area contributed by atoms with Gasteiger partial charge in [-0.1, -0.05) is 0 Å². The molecule has 1 fully saturated rings. The summed E-state index contributed by atoms with van der Waals surface area (Å²) in [6.45, 7) is 2.43. The summed E-state index contributed by atoms with van der Waals surface area (Å²) in [6, 6.07) is 9.67. The minimum atomic E-state index is -0.437. The van der Waals surface area contributed by atoms with E-state index in [1.807, 2.05) is 24.4 Å². The van der Waals surface area contributed by atoms with Crippen LogP contribution < -0.4 is 5.73 Å². The molecule has 1 aromatic heterocycles. The van der Waals surface area contributed by atoms with Gasteiger partial charge in [0.15, 0.2) is 0 Å². The van der Waals surface area contributed by atoms with Crippen LogP contribution in [0.25, 0.3) is 10.9 Å². The number of hydrogen-bond donors (Lipinski definition) is 2. The third-order valence-corrected chi connectivity index (χ3v) is 4.38. The van der Waals surface area contributed by atoms with Crippen LogP contribution in [0.4, 0.5) is 0 Å². The van der Waals surface area contributed by atoms with Crippen LogP contribution in [0.1, 0.15) is 17.5 Å². The minimum absolute atomic E-state index is 0. The van der Waals surface area contributed by atoms with E-state index in [0.29, 0.717) is 12.1 Å². The normalized spacial score (nSPS) is 20.7. The zero-order valence-electron chi connectivity index (χ0n) is 13.3. The van der Waals surface area contributed by atoms with E-state index < -0.39 is 6.10 Å². The van der Waals surface area contributed by atoms with Gasteiger partial charge in [0, 0.05) is 30.7 Å². The molecule has 0 bridgehead atoms. The molecule has 0 spiro atoms. The van der Waals surface area contributed by atoms with Gasteiger partial charge in [-0.15, -0.1) is 24.8 Å². The molecule has 1 aliphatic rings. The van der Waals surface area contributed by atoms with Crippen LogP contribution >= 0.6 is 24.8 Å². The smallest absolute Gasteiger partial charge is 0.0991 e. The van der Waals surface area contributed by atoms with Gasteiger partial charge in [0.25, 0.3) is 0 Å². The van der Waals surface area contributed by atoms with Crippen molar-refractivity contribution < 1.29 is 5.11 Å². The highest BCUT2D eigenvalue weighted by molar-refractivity contribution is 5.85. The fourth-order valence-electron chi connectivity index (χ4n) is 2.99. The first kappa shape index (κ1) is 20.6. The largest absolute Gasteiger partial charge is 0.390 e. The number of pyridine rings is 1. The van der Waals surface area contributed by atoms with Crippen LogP contribution in [0.5, 0.6) is 0 Å². The van der Waals surface area contributed by atoms with Crippen molar-refractivity contribution in [3.05, 3.63) is 41.6 Å². The lowest BCUT2D eigenvalue weighted by molar-refractivity contribution is 0.0542. The van der Waals surface area contributed by atoms with E-state index in [-0.39, 0.29) is 30.9 Å². The second-order valence-electron chi connectivity index (χ2n) is 5.88. The summed E-state index contributed by atoms with van der Waals surface area (Å²) < 4.78 is 0. The van der Waals surface area contributed by atoms with E-state index in [1.54, 1.807) is 6.07 Å². The first-order chi connectivity index (χ1) is 10.7. The van der Waals surface area contributed by atoms with E-state index in [4.69, 9.17) is 11.0 Å². The van der Waals surface area contributed by atoms with Crippen LogP contribution in [-0.4, -0.2) is 46.8 Å². The lowest BCUT2D eigenvalue weighted by Crippen LogP contribution is -2.50. The van der Waals surface area contributed by atoms with Gasteiger partial charge in [0.1, 0.15) is 0 Å².